The zero-order chi connectivity index (χ0) is 21.6. The smallest absolute Gasteiger partial charge is 0.330 e. The minimum Gasteiger partial charge on any atom is -0.459 e. The molecule has 0 aromatic heterocycles. The topological polar surface area (TPSA) is 52.6 Å². The molecule has 0 aliphatic heterocycles. The molecule has 0 radical (unpaired) electrons. The van der Waals surface area contributed by atoms with Crippen LogP contribution in [0.25, 0.3) is 0 Å². The van der Waals surface area contributed by atoms with Gasteiger partial charge in [0.25, 0.3) is 0 Å². The normalized spacial score (nSPS) is 12.5. The van der Waals surface area contributed by atoms with Crippen LogP contribution < -0.4 is 0 Å². The lowest BCUT2D eigenvalue weighted by molar-refractivity contribution is -0.151. The number of unbranched alkanes of at least 4 members (excludes halogenated alkanes) is 12. The van der Waals surface area contributed by atoms with Crippen molar-refractivity contribution in [3.05, 3.63) is 24.3 Å². The highest BCUT2D eigenvalue weighted by molar-refractivity contribution is 5.82. The molecule has 0 aliphatic rings. The zero-order valence-corrected chi connectivity index (χ0v) is 19.1. The van der Waals surface area contributed by atoms with Crippen LogP contribution in [0.4, 0.5) is 0 Å². The van der Waals surface area contributed by atoms with E-state index in [4.69, 9.17) is 9.47 Å². The summed E-state index contributed by atoms with van der Waals surface area (Å²) in [4.78, 5) is 23.4. The number of esters is 2. The second kappa shape index (κ2) is 21.1. The first-order valence-corrected chi connectivity index (χ1v) is 11.8. The van der Waals surface area contributed by atoms with Gasteiger partial charge in [-0.1, -0.05) is 90.2 Å². The van der Waals surface area contributed by atoms with Crippen molar-refractivity contribution in [3.8, 4) is 0 Å². The molecule has 0 saturated carbocycles. The highest BCUT2D eigenvalue weighted by atomic mass is 16.6. The molecule has 4 nitrogen and oxygen atoms in total. The summed E-state index contributed by atoms with van der Waals surface area (Å²) < 4.78 is 10.4. The maximum atomic E-state index is 11.7. The van der Waals surface area contributed by atoms with Crippen molar-refractivity contribution in [3.63, 3.8) is 0 Å². The van der Waals surface area contributed by atoms with Gasteiger partial charge >= 0.3 is 11.9 Å². The molecule has 0 aliphatic carbocycles. The van der Waals surface area contributed by atoms with Gasteiger partial charge in [-0.2, -0.15) is 0 Å². The van der Waals surface area contributed by atoms with Gasteiger partial charge in [0.15, 0.2) is 0 Å². The molecule has 0 bridgehead atoms. The standard InChI is InChI=1S/C25H44O4/c1-4-6-8-10-12-14-16-18-20-24(26)28-22-23(3)29-25(27)21-19-17-15-13-11-9-7-5-2/h18-21,23H,4-17,22H2,1-3H3. The van der Waals surface area contributed by atoms with Crippen LogP contribution in [-0.4, -0.2) is 24.6 Å². The first kappa shape index (κ1) is 27.4. The van der Waals surface area contributed by atoms with Crippen molar-refractivity contribution in [2.45, 2.75) is 117 Å². The molecular formula is C25H44O4. The molecule has 0 rings (SSSR count). The molecule has 1 atom stereocenters. The first-order chi connectivity index (χ1) is 14.1. The molecule has 29 heavy (non-hydrogen) atoms. The largest absolute Gasteiger partial charge is 0.459 e. The van der Waals surface area contributed by atoms with E-state index < -0.39 is 6.10 Å². The number of carbonyl (C=O) groups excluding carboxylic acids is 2. The van der Waals surface area contributed by atoms with Gasteiger partial charge in [0.05, 0.1) is 0 Å². The Bertz CT molecular complexity index is 454. The zero-order valence-electron chi connectivity index (χ0n) is 19.1. The second-order valence-electron chi connectivity index (χ2n) is 7.80. The number of ether oxygens (including phenoxy) is 2. The van der Waals surface area contributed by atoms with Crippen LogP contribution in [0.3, 0.4) is 0 Å². The monoisotopic (exact) mass is 408 g/mol. The lowest BCUT2D eigenvalue weighted by atomic mass is 10.1. The van der Waals surface area contributed by atoms with E-state index in [0.717, 1.165) is 25.7 Å². The van der Waals surface area contributed by atoms with E-state index in [2.05, 4.69) is 13.8 Å². The molecule has 0 saturated heterocycles. The average Bonchev–Trinajstić information content (AvgIpc) is 2.70. The average molecular weight is 409 g/mol. The van der Waals surface area contributed by atoms with Gasteiger partial charge in [0.1, 0.15) is 12.7 Å². The highest BCUT2D eigenvalue weighted by Crippen LogP contribution is 2.08. The van der Waals surface area contributed by atoms with Crippen molar-refractivity contribution in [2.24, 2.45) is 0 Å². The van der Waals surface area contributed by atoms with Gasteiger partial charge in [-0.05, 0) is 32.6 Å². The van der Waals surface area contributed by atoms with Crippen LogP contribution in [-0.2, 0) is 19.1 Å². The van der Waals surface area contributed by atoms with E-state index in [-0.39, 0.29) is 18.5 Å². The predicted octanol–water partition coefficient (Wildman–Crippen LogP) is 7.07. The maximum absolute atomic E-state index is 11.7. The number of hydrogen-bond acceptors (Lipinski definition) is 4. The van der Waals surface area contributed by atoms with E-state index in [1.54, 1.807) is 6.92 Å². The van der Waals surface area contributed by atoms with Crippen molar-refractivity contribution in [1.82, 2.24) is 0 Å². The summed E-state index contributed by atoms with van der Waals surface area (Å²) in [6.07, 6.45) is 22.9. The van der Waals surface area contributed by atoms with Crippen LogP contribution in [0.2, 0.25) is 0 Å². The summed E-state index contributed by atoms with van der Waals surface area (Å²) >= 11 is 0. The van der Waals surface area contributed by atoms with Crippen LogP contribution in [0, 0.1) is 0 Å². The number of carbonyl (C=O) groups is 2. The fourth-order valence-electron chi connectivity index (χ4n) is 2.96. The van der Waals surface area contributed by atoms with E-state index in [1.807, 2.05) is 12.2 Å². The van der Waals surface area contributed by atoms with Gasteiger partial charge in [0.2, 0.25) is 0 Å². The van der Waals surface area contributed by atoms with Crippen LogP contribution in [0.5, 0.6) is 0 Å². The predicted molar refractivity (Wildman–Crippen MR) is 121 cm³/mol. The lowest BCUT2D eigenvalue weighted by Crippen LogP contribution is -2.20. The number of rotatable bonds is 19. The molecule has 0 heterocycles. The molecule has 0 aromatic rings. The molecule has 0 spiro atoms. The Hall–Kier alpha value is -1.58. The van der Waals surface area contributed by atoms with Gasteiger partial charge in [0, 0.05) is 12.2 Å². The fraction of sp³-hybridized carbons (Fsp3) is 0.760. The second-order valence-corrected chi connectivity index (χ2v) is 7.80. The van der Waals surface area contributed by atoms with Crippen molar-refractivity contribution in [2.75, 3.05) is 6.61 Å². The first-order valence-electron chi connectivity index (χ1n) is 11.8. The van der Waals surface area contributed by atoms with Crippen molar-refractivity contribution >= 4 is 11.9 Å². The van der Waals surface area contributed by atoms with Gasteiger partial charge in [-0.3, -0.25) is 0 Å². The van der Waals surface area contributed by atoms with Crippen molar-refractivity contribution < 1.29 is 19.1 Å². The summed E-state index contributed by atoms with van der Waals surface area (Å²) in [6, 6.07) is 0. The minimum atomic E-state index is -0.447. The van der Waals surface area contributed by atoms with E-state index >= 15 is 0 Å². The van der Waals surface area contributed by atoms with E-state index in [9.17, 15) is 9.59 Å². The Labute approximate surface area is 179 Å². The molecule has 4 heteroatoms. The quantitative estimate of drug-likeness (QED) is 0.130. The third-order valence-electron chi connectivity index (χ3n) is 4.73. The molecule has 0 fully saturated rings. The van der Waals surface area contributed by atoms with Crippen LogP contribution in [0.15, 0.2) is 24.3 Å². The molecule has 0 N–H and O–H groups in total. The molecule has 168 valence electrons. The van der Waals surface area contributed by atoms with Gasteiger partial charge in [-0.15, -0.1) is 0 Å². The lowest BCUT2D eigenvalue weighted by Gasteiger charge is -2.11. The molecule has 0 amide bonds. The SMILES string of the molecule is CCCCCCCCC=CC(=O)OCC(C)OC(=O)C=CCCCCCCCC. The minimum absolute atomic E-state index is 0.0806. The Balaban J connectivity index is 3.68. The van der Waals surface area contributed by atoms with E-state index in [0.29, 0.717) is 0 Å². The Morgan fingerprint density at radius 2 is 1.14 bits per heavy atom. The Morgan fingerprint density at radius 3 is 1.66 bits per heavy atom. The summed E-state index contributed by atoms with van der Waals surface area (Å²) in [7, 11) is 0. The summed E-state index contributed by atoms with van der Waals surface area (Å²) in [5, 5.41) is 0. The number of allylic oxidation sites excluding steroid dienone is 2. The third kappa shape index (κ3) is 21.0. The van der Waals surface area contributed by atoms with Gasteiger partial charge in [-0.25, -0.2) is 9.59 Å². The summed E-state index contributed by atoms with van der Waals surface area (Å²) in [5.41, 5.74) is 0. The Kier molecular flexibility index (Phi) is 20.0. The van der Waals surface area contributed by atoms with Crippen LogP contribution >= 0.6 is 0 Å². The van der Waals surface area contributed by atoms with E-state index in [1.165, 1.54) is 76.4 Å². The third-order valence-corrected chi connectivity index (χ3v) is 4.73. The number of hydrogen-bond donors (Lipinski definition) is 0. The fourth-order valence-corrected chi connectivity index (χ4v) is 2.96. The van der Waals surface area contributed by atoms with Crippen LogP contribution in [0.1, 0.15) is 111 Å². The Morgan fingerprint density at radius 1 is 0.690 bits per heavy atom. The molecule has 0 aromatic carbocycles. The van der Waals surface area contributed by atoms with Gasteiger partial charge < -0.3 is 9.47 Å². The molecule has 1 unspecified atom stereocenters. The highest BCUT2D eigenvalue weighted by Gasteiger charge is 2.09. The summed E-state index contributed by atoms with van der Waals surface area (Å²) in [5.74, 6) is -0.754. The van der Waals surface area contributed by atoms with Crippen molar-refractivity contribution in [1.29, 1.82) is 0 Å². The summed E-state index contributed by atoms with van der Waals surface area (Å²) in [6.45, 7) is 6.23. The maximum Gasteiger partial charge on any atom is 0.330 e. The molecular weight excluding hydrogens is 364 g/mol.